The van der Waals surface area contributed by atoms with Gasteiger partial charge < -0.3 is 14.4 Å². The van der Waals surface area contributed by atoms with Crippen molar-refractivity contribution in [2.75, 3.05) is 20.3 Å². The SMILES string of the molecule is COc1cccc2c1OCC(C(=O)N1CCC[C@H]1c1cnn(C)c1)=C2. The molecule has 1 aromatic heterocycles. The van der Waals surface area contributed by atoms with Crippen molar-refractivity contribution in [1.82, 2.24) is 14.7 Å². The first-order valence-corrected chi connectivity index (χ1v) is 8.47. The molecular formula is C19H21N3O3. The number of hydrogen-bond acceptors (Lipinski definition) is 4. The molecule has 1 fully saturated rings. The lowest BCUT2D eigenvalue weighted by molar-refractivity contribution is -0.128. The second-order valence-electron chi connectivity index (χ2n) is 6.44. The van der Waals surface area contributed by atoms with Crippen molar-refractivity contribution >= 4 is 12.0 Å². The van der Waals surface area contributed by atoms with Gasteiger partial charge >= 0.3 is 0 Å². The van der Waals surface area contributed by atoms with E-state index in [1.54, 1.807) is 11.8 Å². The van der Waals surface area contributed by atoms with Crippen LogP contribution in [0.1, 0.15) is 30.0 Å². The van der Waals surface area contributed by atoms with E-state index in [2.05, 4.69) is 5.10 Å². The van der Waals surface area contributed by atoms with Crippen LogP contribution in [-0.4, -0.2) is 40.8 Å². The van der Waals surface area contributed by atoms with E-state index in [0.717, 1.165) is 30.5 Å². The highest BCUT2D eigenvalue weighted by molar-refractivity contribution is 5.99. The fourth-order valence-electron chi connectivity index (χ4n) is 3.62. The molecule has 0 N–H and O–H groups in total. The van der Waals surface area contributed by atoms with Crippen LogP contribution in [0, 0.1) is 0 Å². The number of aromatic nitrogens is 2. The van der Waals surface area contributed by atoms with Gasteiger partial charge in [0.1, 0.15) is 6.61 Å². The molecule has 6 heteroatoms. The minimum Gasteiger partial charge on any atom is -0.493 e. The predicted octanol–water partition coefficient (Wildman–Crippen LogP) is 2.57. The highest BCUT2D eigenvalue weighted by Crippen LogP contribution is 2.37. The first kappa shape index (κ1) is 15.7. The quantitative estimate of drug-likeness (QED) is 0.862. The van der Waals surface area contributed by atoms with Gasteiger partial charge in [0.25, 0.3) is 5.91 Å². The smallest absolute Gasteiger partial charge is 0.253 e. The summed E-state index contributed by atoms with van der Waals surface area (Å²) in [5.74, 6) is 1.43. The van der Waals surface area contributed by atoms with Crippen LogP contribution < -0.4 is 9.47 Å². The van der Waals surface area contributed by atoms with Crippen molar-refractivity contribution < 1.29 is 14.3 Å². The Labute approximate surface area is 146 Å². The number of methoxy groups -OCH3 is 1. The molecule has 0 unspecified atom stereocenters. The molecule has 1 atom stereocenters. The first-order valence-electron chi connectivity index (χ1n) is 8.47. The van der Waals surface area contributed by atoms with Gasteiger partial charge in [0.2, 0.25) is 0 Å². The molecule has 0 spiro atoms. The van der Waals surface area contributed by atoms with Crippen LogP contribution in [0.15, 0.2) is 36.2 Å². The van der Waals surface area contributed by atoms with Gasteiger partial charge in [-0.1, -0.05) is 12.1 Å². The summed E-state index contributed by atoms with van der Waals surface area (Å²) in [5, 5.41) is 4.24. The normalized spacial score (nSPS) is 19.2. The Morgan fingerprint density at radius 1 is 1.40 bits per heavy atom. The van der Waals surface area contributed by atoms with Crippen LogP contribution >= 0.6 is 0 Å². The van der Waals surface area contributed by atoms with Crippen molar-refractivity contribution in [3.05, 3.63) is 47.3 Å². The fourth-order valence-corrected chi connectivity index (χ4v) is 3.62. The minimum absolute atomic E-state index is 0.0415. The summed E-state index contributed by atoms with van der Waals surface area (Å²) in [5.41, 5.74) is 2.65. The highest BCUT2D eigenvalue weighted by atomic mass is 16.5. The molecule has 25 heavy (non-hydrogen) atoms. The molecule has 0 radical (unpaired) electrons. The van der Waals surface area contributed by atoms with Gasteiger partial charge in [-0.05, 0) is 25.0 Å². The molecule has 6 nitrogen and oxygen atoms in total. The maximum atomic E-state index is 13.1. The summed E-state index contributed by atoms with van der Waals surface area (Å²) in [6, 6.07) is 5.79. The maximum absolute atomic E-state index is 13.1. The number of likely N-dealkylation sites (tertiary alicyclic amines) is 1. The van der Waals surface area contributed by atoms with Crippen LogP contribution in [0.3, 0.4) is 0 Å². The lowest BCUT2D eigenvalue weighted by Crippen LogP contribution is -2.33. The molecule has 3 heterocycles. The summed E-state index contributed by atoms with van der Waals surface area (Å²) in [6.45, 7) is 1.03. The van der Waals surface area contributed by atoms with Crippen LogP contribution in [0.25, 0.3) is 6.08 Å². The lowest BCUT2D eigenvalue weighted by Gasteiger charge is -2.27. The van der Waals surface area contributed by atoms with Crippen molar-refractivity contribution in [3.8, 4) is 11.5 Å². The molecular weight excluding hydrogens is 318 g/mol. The average molecular weight is 339 g/mol. The fraction of sp³-hybridized carbons (Fsp3) is 0.368. The van der Waals surface area contributed by atoms with Crippen molar-refractivity contribution in [1.29, 1.82) is 0 Å². The van der Waals surface area contributed by atoms with Crippen molar-refractivity contribution in [2.45, 2.75) is 18.9 Å². The van der Waals surface area contributed by atoms with Gasteiger partial charge in [0.15, 0.2) is 11.5 Å². The standard InChI is InChI=1S/C19H21N3O3/c1-21-11-15(10-20-21)16-6-4-8-22(16)19(23)14-9-13-5-3-7-17(24-2)18(13)25-12-14/h3,5,7,9-11,16H,4,6,8,12H2,1-2H3/t16-/m0/s1. The molecule has 0 bridgehead atoms. The van der Waals surface area contributed by atoms with E-state index in [1.165, 1.54) is 0 Å². The number of ether oxygens (including phenoxy) is 2. The summed E-state index contributed by atoms with van der Waals surface area (Å²) in [6.07, 6.45) is 7.73. The second-order valence-corrected chi connectivity index (χ2v) is 6.44. The van der Waals surface area contributed by atoms with E-state index in [9.17, 15) is 4.79 Å². The van der Waals surface area contributed by atoms with Crippen molar-refractivity contribution in [2.24, 2.45) is 7.05 Å². The highest BCUT2D eigenvalue weighted by Gasteiger charge is 2.33. The summed E-state index contributed by atoms with van der Waals surface area (Å²) in [7, 11) is 3.51. The third kappa shape index (κ3) is 2.77. The number of carbonyl (C=O) groups is 1. The molecule has 4 rings (SSSR count). The Morgan fingerprint density at radius 2 is 2.28 bits per heavy atom. The van der Waals surface area contributed by atoms with Gasteiger partial charge in [-0.3, -0.25) is 9.48 Å². The number of nitrogens with zero attached hydrogens (tertiary/aromatic N) is 3. The number of para-hydroxylation sites is 1. The molecule has 1 amide bonds. The number of carbonyl (C=O) groups excluding carboxylic acids is 1. The summed E-state index contributed by atoms with van der Waals surface area (Å²) in [4.78, 5) is 15.0. The Morgan fingerprint density at radius 3 is 3.04 bits per heavy atom. The molecule has 2 aliphatic rings. The summed E-state index contributed by atoms with van der Waals surface area (Å²) < 4.78 is 12.9. The molecule has 2 aliphatic heterocycles. The Bertz CT molecular complexity index is 840. The molecule has 130 valence electrons. The van der Waals surface area contributed by atoms with Gasteiger partial charge in [0, 0.05) is 30.9 Å². The summed E-state index contributed by atoms with van der Waals surface area (Å²) >= 11 is 0. The number of benzene rings is 1. The van der Waals surface area contributed by atoms with Gasteiger partial charge in [-0.2, -0.15) is 5.10 Å². The number of rotatable bonds is 3. The van der Waals surface area contributed by atoms with Gasteiger partial charge in [0.05, 0.1) is 24.9 Å². The predicted molar refractivity (Wildman–Crippen MR) is 93.4 cm³/mol. The van der Waals surface area contributed by atoms with Gasteiger partial charge in [-0.15, -0.1) is 0 Å². The molecule has 0 aliphatic carbocycles. The largest absolute Gasteiger partial charge is 0.493 e. The molecule has 1 saturated heterocycles. The number of aryl methyl sites for hydroxylation is 1. The van der Waals surface area contributed by atoms with E-state index >= 15 is 0 Å². The topological polar surface area (TPSA) is 56.6 Å². The number of fused-ring (bicyclic) bond motifs is 1. The third-order valence-electron chi connectivity index (χ3n) is 4.83. The molecule has 1 aromatic carbocycles. The van der Waals surface area contributed by atoms with E-state index in [4.69, 9.17) is 9.47 Å². The van der Waals surface area contributed by atoms with E-state index in [-0.39, 0.29) is 18.6 Å². The Hall–Kier alpha value is -2.76. The van der Waals surface area contributed by atoms with E-state index in [1.807, 2.05) is 48.6 Å². The van der Waals surface area contributed by atoms with Crippen LogP contribution in [0.4, 0.5) is 0 Å². The van der Waals surface area contributed by atoms with Gasteiger partial charge in [-0.25, -0.2) is 0 Å². The van der Waals surface area contributed by atoms with Crippen LogP contribution in [-0.2, 0) is 11.8 Å². The zero-order valence-electron chi connectivity index (χ0n) is 14.4. The van der Waals surface area contributed by atoms with E-state index < -0.39 is 0 Å². The number of hydrogen-bond donors (Lipinski definition) is 0. The Balaban J connectivity index is 1.61. The lowest BCUT2D eigenvalue weighted by atomic mass is 10.0. The van der Waals surface area contributed by atoms with Crippen LogP contribution in [0.2, 0.25) is 0 Å². The van der Waals surface area contributed by atoms with E-state index in [0.29, 0.717) is 17.1 Å². The number of amides is 1. The zero-order valence-corrected chi connectivity index (χ0v) is 14.4. The Kier molecular flexibility index (Phi) is 3.95. The average Bonchev–Trinajstić information content (AvgIpc) is 3.28. The molecule has 2 aromatic rings. The van der Waals surface area contributed by atoms with Crippen LogP contribution in [0.5, 0.6) is 11.5 Å². The zero-order chi connectivity index (χ0) is 17.4. The van der Waals surface area contributed by atoms with Crippen molar-refractivity contribution in [3.63, 3.8) is 0 Å². The second kappa shape index (κ2) is 6.27. The third-order valence-corrected chi connectivity index (χ3v) is 4.83. The monoisotopic (exact) mass is 339 g/mol. The minimum atomic E-state index is 0.0415. The first-order chi connectivity index (χ1) is 12.2. The maximum Gasteiger partial charge on any atom is 0.253 e. The molecule has 0 saturated carbocycles.